The van der Waals surface area contributed by atoms with Crippen LogP contribution in [0.5, 0.6) is 0 Å². The molecule has 1 N–H and O–H groups in total. The standard InChI is InChI=1S/C19H31N/c1-5-11-19(4,14-20-15(2)3)13-16-9-10-17-7-6-8-18(17)12-16/h9-10,12,15,20H,5-8,11,13-14H2,1-4H3. The Kier molecular flexibility index (Phi) is 5.26. The monoisotopic (exact) mass is 273 g/mol. The van der Waals surface area contributed by atoms with E-state index >= 15 is 0 Å². The molecule has 0 saturated carbocycles. The molecule has 1 aliphatic carbocycles. The maximum absolute atomic E-state index is 3.64. The van der Waals surface area contributed by atoms with E-state index in [2.05, 4.69) is 51.2 Å². The van der Waals surface area contributed by atoms with Gasteiger partial charge in [0.15, 0.2) is 0 Å². The lowest BCUT2D eigenvalue weighted by Crippen LogP contribution is -2.37. The van der Waals surface area contributed by atoms with Crippen LogP contribution in [0.25, 0.3) is 0 Å². The lowest BCUT2D eigenvalue weighted by Gasteiger charge is -2.31. The Hall–Kier alpha value is -0.820. The Morgan fingerprint density at radius 1 is 1.20 bits per heavy atom. The van der Waals surface area contributed by atoms with E-state index in [0.717, 1.165) is 6.54 Å². The van der Waals surface area contributed by atoms with Gasteiger partial charge < -0.3 is 5.32 Å². The highest BCUT2D eigenvalue weighted by molar-refractivity contribution is 5.35. The van der Waals surface area contributed by atoms with Crippen LogP contribution in [0.2, 0.25) is 0 Å². The van der Waals surface area contributed by atoms with Crippen LogP contribution in [-0.2, 0) is 19.3 Å². The average molecular weight is 273 g/mol. The minimum Gasteiger partial charge on any atom is -0.314 e. The maximum Gasteiger partial charge on any atom is 0.00107 e. The van der Waals surface area contributed by atoms with E-state index in [1.165, 1.54) is 44.1 Å². The first kappa shape index (κ1) is 15.6. The first-order chi connectivity index (χ1) is 9.52. The van der Waals surface area contributed by atoms with Crippen LogP contribution in [0.1, 0.15) is 63.6 Å². The number of benzene rings is 1. The summed E-state index contributed by atoms with van der Waals surface area (Å²) in [6.45, 7) is 10.3. The third-order valence-corrected chi connectivity index (χ3v) is 4.58. The zero-order valence-corrected chi connectivity index (χ0v) is 13.8. The first-order valence-corrected chi connectivity index (χ1v) is 8.36. The summed E-state index contributed by atoms with van der Waals surface area (Å²) in [4.78, 5) is 0. The lowest BCUT2D eigenvalue weighted by atomic mass is 9.79. The van der Waals surface area contributed by atoms with Crippen molar-refractivity contribution in [1.29, 1.82) is 0 Å². The zero-order chi connectivity index (χ0) is 14.6. The van der Waals surface area contributed by atoms with Crippen LogP contribution in [0.4, 0.5) is 0 Å². The minimum absolute atomic E-state index is 0.381. The summed E-state index contributed by atoms with van der Waals surface area (Å²) >= 11 is 0. The van der Waals surface area contributed by atoms with Crippen molar-refractivity contribution in [2.45, 2.75) is 72.3 Å². The largest absolute Gasteiger partial charge is 0.314 e. The van der Waals surface area contributed by atoms with Crippen molar-refractivity contribution >= 4 is 0 Å². The van der Waals surface area contributed by atoms with E-state index in [9.17, 15) is 0 Å². The summed E-state index contributed by atoms with van der Waals surface area (Å²) in [7, 11) is 0. The highest BCUT2D eigenvalue weighted by Gasteiger charge is 2.24. The van der Waals surface area contributed by atoms with Crippen molar-refractivity contribution in [3.05, 3.63) is 34.9 Å². The molecule has 1 nitrogen and oxygen atoms in total. The predicted molar refractivity (Wildman–Crippen MR) is 88.3 cm³/mol. The molecule has 0 bridgehead atoms. The number of hydrogen-bond donors (Lipinski definition) is 1. The van der Waals surface area contributed by atoms with E-state index < -0.39 is 0 Å². The molecule has 0 saturated heterocycles. The fraction of sp³-hybridized carbons (Fsp3) is 0.684. The quantitative estimate of drug-likeness (QED) is 0.770. The van der Waals surface area contributed by atoms with E-state index in [-0.39, 0.29) is 0 Å². The van der Waals surface area contributed by atoms with Crippen LogP contribution in [0.15, 0.2) is 18.2 Å². The molecule has 0 heterocycles. The topological polar surface area (TPSA) is 12.0 Å². The molecule has 0 radical (unpaired) electrons. The van der Waals surface area contributed by atoms with Gasteiger partial charge in [0.1, 0.15) is 0 Å². The first-order valence-electron chi connectivity index (χ1n) is 8.36. The molecule has 0 aliphatic heterocycles. The third kappa shape index (κ3) is 4.09. The second kappa shape index (κ2) is 6.76. The van der Waals surface area contributed by atoms with Gasteiger partial charge in [0.25, 0.3) is 0 Å². The van der Waals surface area contributed by atoms with Crippen LogP contribution in [0.3, 0.4) is 0 Å². The molecule has 1 aromatic rings. The van der Waals surface area contributed by atoms with E-state index in [4.69, 9.17) is 0 Å². The molecule has 1 heteroatoms. The molecule has 1 aliphatic rings. The van der Waals surface area contributed by atoms with Crippen LogP contribution in [-0.4, -0.2) is 12.6 Å². The number of hydrogen-bond acceptors (Lipinski definition) is 1. The maximum atomic E-state index is 3.64. The second-order valence-electron chi connectivity index (χ2n) is 7.23. The summed E-state index contributed by atoms with van der Waals surface area (Å²) in [5, 5.41) is 3.64. The lowest BCUT2D eigenvalue weighted by molar-refractivity contribution is 0.267. The van der Waals surface area contributed by atoms with Crippen LogP contribution >= 0.6 is 0 Å². The molecule has 1 unspecified atom stereocenters. The van der Waals surface area contributed by atoms with E-state index in [0.29, 0.717) is 11.5 Å². The SMILES string of the molecule is CCCC(C)(CNC(C)C)Cc1ccc2c(c1)CCC2. The molecule has 0 amide bonds. The fourth-order valence-electron chi connectivity index (χ4n) is 3.52. The molecule has 0 aromatic heterocycles. The highest BCUT2D eigenvalue weighted by Crippen LogP contribution is 2.30. The van der Waals surface area contributed by atoms with Gasteiger partial charge in [-0.1, -0.05) is 52.3 Å². The molecular formula is C19H31N. The van der Waals surface area contributed by atoms with Gasteiger partial charge in [-0.25, -0.2) is 0 Å². The van der Waals surface area contributed by atoms with Crippen molar-refractivity contribution in [3.8, 4) is 0 Å². The summed E-state index contributed by atoms with van der Waals surface area (Å²) in [6.07, 6.45) is 7.69. The second-order valence-corrected chi connectivity index (χ2v) is 7.23. The Labute approximate surface area is 125 Å². The number of aryl methyl sites for hydroxylation is 2. The molecule has 0 fully saturated rings. The Morgan fingerprint density at radius 3 is 2.65 bits per heavy atom. The highest BCUT2D eigenvalue weighted by atomic mass is 14.9. The van der Waals surface area contributed by atoms with Gasteiger partial charge in [0.05, 0.1) is 0 Å². The third-order valence-electron chi connectivity index (χ3n) is 4.58. The van der Waals surface area contributed by atoms with Gasteiger partial charge >= 0.3 is 0 Å². The fourth-order valence-corrected chi connectivity index (χ4v) is 3.52. The van der Waals surface area contributed by atoms with Crippen LogP contribution < -0.4 is 5.32 Å². The van der Waals surface area contributed by atoms with Gasteiger partial charge in [-0.2, -0.15) is 0 Å². The van der Waals surface area contributed by atoms with Crippen molar-refractivity contribution in [2.75, 3.05) is 6.54 Å². The Morgan fingerprint density at radius 2 is 1.95 bits per heavy atom. The van der Waals surface area contributed by atoms with E-state index in [1.54, 1.807) is 11.1 Å². The van der Waals surface area contributed by atoms with E-state index in [1.807, 2.05) is 0 Å². The Balaban J connectivity index is 2.06. The minimum atomic E-state index is 0.381. The average Bonchev–Trinajstić information content (AvgIpc) is 2.84. The molecule has 1 aromatic carbocycles. The van der Waals surface area contributed by atoms with Crippen molar-refractivity contribution in [2.24, 2.45) is 5.41 Å². The van der Waals surface area contributed by atoms with Gasteiger partial charge in [-0.05, 0) is 54.2 Å². The summed E-state index contributed by atoms with van der Waals surface area (Å²) in [5.74, 6) is 0. The number of rotatable bonds is 7. The molecule has 1 atom stereocenters. The molecular weight excluding hydrogens is 242 g/mol. The Bertz CT molecular complexity index is 435. The zero-order valence-electron chi connectivity index (χ0n) is 13.8. The van der Waals surface area contributed by atoms with Crippen LogP contribution in [0, 0.1) is 5.41 Å². The smallest absolute Gasteiger partial charge is 0.00107 e. The number of nitrogens with one attached hydrogen (secondary N) is 1. The normalized spacial score (nSPS) is 17.2. The summed E-state index contributed by atoms with van der Waals surface area (Å²) < 4.78 is 0. The predicted octanol–water partition coefficient (Wildman–Crippen LogP) is 4.52. The van der Waals surface area contributed by atoms with Crippen molar-refractivity contribution in [3.63, 3.8) is 0 Å². The molecule has 112 valence electrons. The van der Waals surface area contributed by atoms with Gasteiger partial charge in [0, 0.05) is 12.6 Å². The summed E-state index contributed by atoms with van der Waals surface area (Å²) in [6, 6.07) is 7.80. The van der Waals surface area contributed by atoms with Crippen molar-refractivity contribution < 1.29 is 0 Å². The molecule has 2 rings (SSSR count). The van der Waals surface area contributed by atoms with Crippen molar-refractivity contribution in [1.82, 2.24) is 5.32 Å². The van der Waals surface area contributed by atoms with Gasteiger partial charge in [-0.3, -0.25) is 0 Å². The number of fused-ring (bicyclic) bond motifs is 1. The molecule has 0 spiro atoms. The van der Waals surface area contributed by atoms with Gasteiger partial charge in [-0.15, -0.1) is 0 Å². The van der Waals surface area contributed by atoms with Gasteiger partial charge in [0.2, 0.25) is 0 Å². The summed E-state index contributed by atoms with van der Waals surface area (Å²) in [5.41, 5.74) is 5.11. The molecule has 20 heavy (non-hydrogen) atoms.